The molecule has 0 aliphatic rings. The van der Waals surface area contributed by atoms with Gasteiger partial charge >= 0.3 is 5.97 Å². The fraction of sp³-hybridized carbons (Fsp3) is 0.667. The van der Waals surface area contributed by atoms with Crippen LogP contribution in [0.15, 0.2) is 12.1 Å². The molecule has 0 saturated carbocycles. The van der Waals surface area contributed by atoms with Gasteiger partial charge in [0, 0.05) is 25.1 Å². The molecule has 1 aromatic rings. The summed E-state index contributed by atoms with van der Waals surface area (Å²) in [4.78, 5) is 10.3. The highest BCUT2D eigenvalue weighted by atomic mass is 16.4. The Balaban J connectivity index is 1.92. The van der Waals surface area contributed by atoms with Crippen molar-refractivity contribution in [1.29, 1.82) is 0 Å². The van der Waals surface area contributed by atoms with Crippen LogP contribution in [0.1, 0.15) is 57.8 Å². The first kappa shape index (κ1) is 16.4. The van der Waals surface area contributed by atoms with E-state index in [0.717, 1.165) is 51.4 Å². The van der Waals surface area contributed by atoms with Crippen molar-refractivity contribution in [3.63, 3.8) is 0 Å². The zero-order valence-corrected chi connectivity index (χ0v) is 11.9. The van der Waals surface area contributed by atoms with Gasteiger partial charge in [0.1, 0.15) is 0 Å². The maximum absolute atomic E-state index is 10.3. The normalized spacial score (nSPS) is 10.8. The Labute approximate surface area is 119 Å². The van der Waals surface area contributed by atoms with Gasteiger partial charge in [0.05, 0.1) is 0 Å². The lowest BCUT2D eigenvalue weighted by molar-refractivity contribution is -0.137. The second-order valence-corrected chi connectivity index (χ2v) is 5.17. The molecule has 5 heteroatoms. The minimum absolute atomic E-state index is 0.112. The SMILES string of the molecule is O=C(O)CCCCCCCCCCn1c(O)ccc1O. The van der Waals surface area contributed by atoms with Crippen molar-refractivity contribution in [3.05, 3.63) is 12.1 Å². The van der Waals surface area contributed by atoms with Crippen molar-refractivity contribution in [2.24, 2.45) is 0 Å². The number of aromatic nitrogens is 1. The molecule has 0 aromatic carbocycles. The van der Waals surface area contributed by atoms with Crippen LogP contribution in [-0.4, -0.2) is 25.9 Å². The molecule has 20 heavy (non-hydrogen) atoms. The quantitative estimate of drug-likeness (QED) is 0.543. The lowest BCUT2D eigenvalue weighted by Gasteiger charge is -2.06. The zero-order valence-electron chi connectivity index (χ0n) is 11.9. The Hall–Kier alpha value is -1.65. The Kier molecular flexibility index (Phi) is 7.62. The molecule has 0 fully saturated rings. The highest BCUT2D eigenvalue weighted by molar-refractivity contribution is 5.66. The van der Waals surface area contributed by atoms with Gasteiger partial charge in [-0.15, -0.1) is 0 Å². The molecular weight excluding hydrogens is 258 g/mol. The summed E-state index contributed by atoms with van der Waals surface area (Å²) in [6, 6.07) is 2.99. The molecule has 0 aliphatic heterocycles. The molecular formula is C15H25NO4. The third kappa shape index (κ3) is 6.50. The molecule has 0 spiro atoms. The highest BCUT2D eigenvalue weighted by Gasteiger charge is 2.04. The fourth-order valence-corrected chi connectivity index (χ4v) is 2.28. The lowest BCUT2D eigenvalue weighted by atomic mass is 10.1. The summed E-state index contributed by atoms with van der Waals surface area (Å²) >= 11 is 0. The van der Waals surface area contributed by atoms with E-state index in [1.807, 2.05) is 0 Å². The van der Waals surface area contributed by atoms with E-state index < -0.39 is 5.97 Å². The fourth-order valence-electron chi connectivity index (χ4n) is 2.28. The van der Waals surface area contributed by atoms with Gasteiger partial charge in [-0.25, -0.2) is 0 Å². The average Bonchev–Trinajstić information content (AvgIpc) is 2.71. The van der Waals surface area contributed by atoms with E-state index in [2.05, 4.69) is 0 Å². The van der Waals surface area contributed by atoms with Gasteiger partial charge in [0.15, 0.2) is 11.8 Å². The van der Waals surface area contributed by atoms with E-state index in [1.54, 1.807) is 0 Å². The first-order valence-corrected chi connectivity index (χ1v) is 7.40. The molecule has 114 valence electrons. The van der Waals surface area contributed by atoms with Crippen LogP contribution in [0.25, 0.3) is 0 Å². The molecule has 0 aliphatic carbocycles. The minimum Gasteiger partial charge on any atom is -0.494 e. The molecule has 3 N–H and O–H groups in total. The van der Waals surface area contributed by atoms with Gasteiger partial charge in [-0.3, -0.25) is 9.36 Å². The molecule has 0 radical (unpaired) electrons. The van der Waals surface area contributed by atoms with Crippen LogP contribution in [0.2, 0.25) is 0 Å². The number of unbranched alkanes of at least 4 members (excludes halogenated alkanes) is 7. The maximum atomic E-state index is 10.3. The standard InChI is InChI=1S/C15H25NO4/c17-13-10-11-14(18)16(13)12-8-6-4-2-1-3-5-7-9-15(19)20/h10-11,17-18H,1-9,12H2,(H,19,20). The van der Waals surface area contributed by atoms with Gasteiger partial charge < -0.3 is 15.3 Å². The first-order chi connectivity index (χ1) is 9.61. The smallest absolute Gasteiger partial charge is 0.303 e. The third-order valence-corrected chi connectivity index (χ3v) is 3.46. The zero-order chi connectivity index (χ0) is 14.8. The third-order valence-electron chi connectivity index (χ3n) is 3.46. The van der Waals surface area contributed by atoms with E-state index in [-0.39, 0.29) is 18.2 Å². The van der Waals surface area contributed by atoms with Crippen LogP contribution in [0.3, 0.4) is 0 Å². The Morgan fingerprint density at radius 2 is 1.30 bits per heavy atom. The van der Waals surface area contributed by atoms with Crippen LogP contribution in [-0.2, 0) is 11.3 Å². The second kappa shape index (κ2) is 9.28. The van der Waals surface area contributed by atoms with Crippen molar-refractivity contribution in [2.45, 2.75) is 64.3 Å². The maximum Gasteiger partial charge on any atom is 0.303 e. The van der Waals surface area contributed by atoms with E-state index in [0.29, 0.717) is 6.54 Å². The van der Waals surface area contributed by atoms with Crippen molar-refractivity contribution in [3.8, 4) is 11.8 Å². The van der Waals surface area contributed by atoms with Gasteiger partial charge in [-0.05, 0) is 12.8 Å². The second-order valence-electron chi connectivity index (χ2n) is 5.17. The van der Waals surface area contributed by atoms with Crippen molar-refractivity contribution in [2.75, 3.05) is 0 Å². The monoisotopic (exact) mass is 283 g/mol. The summed E-state index contributed by atoms with van der Waals surface area (Å²) in [5.41, 5.74) is 0. The molecule has 0 amide bonds. The number of carboxylic acids is 1. The van der Waals surface area contributed by atoms with Crippen LogP contribution in [0, 0.1) is 0 Å². The summed E-state index contributed by atoms with van der Waals surface area (Å²) < 4.78 is 1.51. The minimum atomic E-state index is -0.707. The first-order valence-electron chi connectivity index (χ1n) is 7.40. The molecule has 5 nitrogen and oxygen atoms in total. The van der Waals surface area contributed by atoms with Crippen molar-refractivity contribution < 1.29 is 20.1 Å². The number of aromatic hydroxyl groups is 2. The van der Waals surface area contributed by atoms with Gasteiger partial charge in [0.25, 0.3) is 0 Å². The number of hydrogen-bond donors (Lipinski definition) is 3. The molecule has 0 bridgehead atoms. The Bertz CT molecular complexity index is 381. The Morgan fingerprint density at radius 1 is 0.850 bits per heavy atom. The van der Waals surface area contributed by atoms with Crippen molar-refractivity contribution >= 4 is 5.97 Å². The summed E-state index contributed by atoms with van der Waals surface area (Å²) in [5.74, 6) is -0.483. The molecule has 1 aromatic heterocycles. The van der Waals surface area contributed by atoms with Crippen LogP contribution >= 0.6 is 0 Å². The molecule has 0 unspecified atom stereocenters. The number of hydrogen-bond acceptors (Lipinski definition) is 3. The number of carbonyl (C=O) groups is 1. The highest BCUT2D eigenvalue weighted by Crippen LogP contribution is 2.21. The van der Waals surface area contributed by atoms with E-state index >= 15 is 0 Å². The van der Waals surface area contributed by atoms with Crippen LogP contribution < -0.4 is 0 Å². The topological polar surface area (TPSA) is 82.7 Å². The number of rotatable bonds is 11. The van der Waals surface area contributed by atoms with E-state index in [4.69, 9.17) is 5.11 Å². The van der Waals surface area contributed by atoms with Gasteiger partial charge in [-0.1, -0.05) is 38.5 Å². The molecule has 1 heterocycles. The van der Waals surface area contributed by atoms with E-state index in [1.165, 1.54) is 16.7 Å². The van der Waals surface area contributed by atoms with Crippen molar-refractivity contribution in [1.82, 2.24) is 4.57 Å². The molecule has 1 rings (SSSR count). The average molecular weight is 283 g/mol. The number of aliphatic carboxylic acids is 1. The van der Waals surface area contributed by atoms with Crippen LogP contribution in [0.5, 0.6) is 11.8 Å². The molecule has 0 saturated heterocycles. The number of nitrogens with zero attached hydrogens (tertiary/aromatic N) is 1. The van der Waals surface area contributed by atoms with Gasteiger partial charge in [-0.2, -0.15) is 0 Å². The summed E-state index contributed by atoms with van der Waals surface area (Å²) in [6.45, 7) is 0.642. The van der Waals surface area contributed by atoms with E-state index in [9.17, 15) is 15.0 Å². The summed E-state index contributed by atoms with van der Waals surface area (Å²) in [7, 11) is 0. The Morgan fingerprint density at radius 3 is 1.80 bits per heavy atom. The predicted molar refractivity (Wildman–Crippen MR) is 77.0 cm³/mol. The molecule has 0 atom stereocenters. The lowest BCUT2D eigenvalue weighted by Crippen LogP contribution is -1.96. The largest absolute Gasteiger partial charge is 0.494 e. The number of carboxylic acid groups (broad SMARTS) is 1. The van der Waals surface area contributed by atoms with Crippen LogP contribution in [0.4, 0.5) is 0 Å². The van der Waals surface area contributed by atoms with Gasteiger partial charge in [0.2, 0.25) is 0 Å². The predicted octanol–water partition coefficient (Wildman–Crippen LogP) is 3.49. The summed E-state index contributed by atoms with van der Waals surface area (Å²) in [5, 5.41) is 27.4. The summed E-state index contributed by atoms with van der Waals surface area (Å²) in [6.07, 6.45) is 8.63.